The number of hydrogen-bond donors (Lipinski definition) is 1. The molecule has 0 spiro atoms. The van der Waals surface area contributed by atoms with Gasteiger partial charge in [-0.15, -0.1) is 32.0 Å². The number of nitrogens with zero attached hydrogens (tertiary/aromatic N) is 4. The van der Waals surface area contributed by atoms with Crippen molar-refractivity contribution < 1.29 is 136 Å². The Morgan fingerprint density at radius 1 is 0.391 bits per heavy atom. The number of thioether (sulfide) groups is 1. The molecule has 4 saturated heterocycles. The van der Waals surface area contributed by atoms with Crippen LogP contribution in [-0.4, -0.2) is 170 Å². The first kappa shape index (κ1) is 117. The molecule has 12 rings (SSSR count). The minimum Gasteiger partial charge on any atom is -0.444 e. The molecule has 29 nitrogen and oxygen atoms in total. The molecule has 138 heavy (non-hydrogen) atoms. The molecule has 0 aromatic heterocycles. The van der Waals surface area contributed by atoms with Crippen LogP contribution in [0.1, 0.15) is 203 Å². The maximum atomic E-state index is 14.0. The number of imide groups is 4. The molecule has 4 aliphatic heterocycles. The quantitative estimate of drug-likeness (QED) is 0.0163. The number of aryl methyl sites for hydroxylation is 1. The fourth-order valence-electron chi connectivity index (χ4n) is 13.4. The number of carbonyl (C=O) groups is 19. The zero-order chi connectivity index (χ0) is 99.6. The van der Waals surface area contributed by atoms with E-state index in [1.807, 2.05) is 191 Å². The maximum Gasteiger partial charge on any atom is 0.408 e. The van der Waals surface area contributed by atoms with Gasteiger partial charge in [-0.25, -0.2) is 24.0 Å². The molecule has 35 heteroatoms. The first-order valence-corrected chi connectivity index (χ1v) is 49.1. The molecule has 0 radical (unpaired) electrons. The second-order valence-corrected chi connectivity index (χ2v) is 36.1. The van der Waals surface area contributed by atoms with Gasteiger partial charge in [0, 0.05) is 123 Å². The van der Waals surface area contributed by atoms with Gasteiger partial charge in [-0.1, -0.05) is 291 Å². The number of hydrogen-bond acceptors (Lipinski definition) is 25. The fraction of sp³-hybridized carbons (Fsp3) is 0.340. The summed E-state index contributed by atoms with van der Waals surface area (Å²) < 4.78 is 4.36. The summed E-state index contributed by atoms with van der Waals surface area (Å²) in [6, 6.07) is 66.7. The van der Waals surface area contributed by atoms with E-state index in [0.29, 0.717) is 62.6 Å². The van der Waals surface area contributed by atoms with Crippen molar-refractivity contribution in [3.05, 3.63) is 293 Å². The topological polar surface area (TPSA) is 395 Å². The minimum atomic E-state index is -1.20. The summed E-state index contributed by atoms with van der Waals surface area (Å²) in [6.07, 6.45) is 3.86. The Kier molecular flexibility index (Phi) is 50.6. The second kappa shape index (κ2) is 59.7. The molecule has 0 aliphatic carbocycles. The fourth-order valence-corrected chi connectivity index (χ4v) is 15.8. The molecule has 8 aromatic carbocycles. The molecule has 9 amide bonds. The predicted octanol–water partition coefficient (Wildman–Crippen LogP) is 16.4. The summed E-state index contributed by atoms with van der Waals surface area (Å²) in [5.74, 6) is -6.47. The van der Waals surface area contributed by atoms with Crippen LogP contribution in [0.25, 0.3) is 0 Å². The minimum absolute atomic E-state index is 0. The van der Waals surface area contributed by atoms with Crippen molar-refractivity contribution in [1.29, 1.82) is 0 Å². The van der Waals surface area contributed by atoms with Gasteiger partial charge in [0.1, 0.15) is 51.6 Å². The van der Waals surface area contributed by atoms with Gasteiger partial charge in [0.2, 0.25) is 0 Å². The molecule has 0 saturated carbocycles. The van der Waals surface area contributed by atoms with E-state index in [1.54, 1.807) is 64.1 Å². The van der Waals surface area contributed by atoms with Crippen molar-refractivity contribution in [3.8, 4) is 0 Å². The summed E-state index contributed by atoms with van der Waals surface area (Å²) in [4.78, 5) is 244. The van der Waals surface area contributed by atoms with Crippen LogP contribution in [-0.2, 0) is 176 Å². The van der Waals surface area contributed by atoms with E-state index in [9.17, 15) is 91.1 Å². The van der Waals surface area contributed by atoms with Crippen LogP contribution in [0.5, 0.6) is 0 Å². The Morgan fingerprint density at radius 2 is 0.703 bits per heavy atom. The first-order valence-electron chi connectivity index (χ1n) is 43.8. The van der Waals surface area contributed by atoms with Crippen LogP contribution in [0.2, 0.25) is 0 Å². The largest absolute Gasteiger partial charge is 0.444 e. The van der Waals surface area contributed by atoms with Crippen molar-refractivity contribution in [2.75, 3.05) is 21.3 Å². The van der Waals surface area contributed by atoms with Crippen LogP contribution >= 0.6 is 75.5 Å². The Bertz CT molecular complexity index is 5370. The normalized spacial score (nSPS) is 13.7. The maximum absolute atomic E-state index is 14.0. The summed E-state index contributed by atoms with van der Waals surface area (Å²) >= 11 is 13.9. The van der Waals surface area contributed by atoms with Crippen molar-refractivity contribution in [2.24, 2.45) is 0 Å². The number of rotatable bonds is 37. The zero-order valence-corrected chi connectivity index (χ0v) is 87.8. The van der Waals surface area contributed by atoms with Gasteiger partial charge >= 0.3 is 30.0 Å². The standard InChI is InChI=1S/C35H30BrNO5S.C21H25BrN2O7.C16H16BrNO5.C14H12BrNO5.C10H12O.C6H12O.CH3.W/c36-24-30(38)22-25-16-18-26(19-17-25)23-31(34(41)42-37-32(39)20-21-33(37)40)43-35(27-10-4-1-5-11-27,28-12-6-2-7-13-28)29-14-8-3-9-15-29;1-21(2,3)30-20(29)23-16(19(28)31-24-17(26)8-9-18(24)27)11-14-6-4-13(5-7-14)10-15(25)12-22;17-10-13(19)9-12-3-1-11(2-4-12)5-8-16(22)23-18-14(20)6-7-15(18)21;15-8-11(17)7-9-1-3-10(4-2-9)14(20)21-16-12(18)5-6-13(16)19;1-8(9(2)11)10-6-4-3-5-7-10;1-3-5-6(7)4-2;;/h1-19,31H,20-24H2;4-7,16H,8-12H2,1-3H3,(H,23,29);1-4H,5-10H2;1-4H,5-8H2;3-8H,1-2H3;3-5H2,1-2H3;1H3;/q;;;;;;-1;. The number of ketones is 6. The SMILES string of the molecule is CC(=O)C(C)c1ccccc1.CC(C)(C)OC(=O)NC(Cc1ccc(CC(=O)CBr)cc1)C(=O)ON1C(=O)CCC1=O.CCCC(=O)CC.O=C(CBr)Cc1ccc(C(=O)ON2C(=O)CCC2=O)cc1.O=C(CBr)Cc1ccc(CC(SC(c2ccccc2)(c2ccccc2)c2ccccc2)C(=O)ON2C(=O)CCC2=O)cc1.O=C(CBr)Cc1ccc(CCC(=O)ON2C(=O)CCC2=O)cc1.[CH3-].[W]. The number of halogens is 4. The van der Waals surface area contributed by atoms with Gasteiger partial charge in [0.15, 0.2) is 0 Å². The molecule has 0 bridgehead atoms. The summed E-state index contributed by atoms with van der Waals surface area (Å²) in [5, 5.41) is 4.86. The number of Topliss-reactive ketones (excluding diaryl/α,β-unsaturated/α-hetero) is 6. The van der Waals surface area contributed by atoms with Crippen LogP contribution in [0, 0.1) is 7.43 Å². The van der Waals surface area contributed by atoms with Gasteiger partial charge in [-0.3, -0.25) is 67.1 Å². The monoisotopic (exact) mass is 2330 g/mol. The van der Waals surface area contributed by atoms with Crippen molar-refractivity contribution in [1.82, 2.24) is 25.6 Å². The number of hydroxylamine groups is 8. The van der Waals surface area contributed by atoms with Gasteiger partial charge in [-0.2, -0.15) is 0 Å². The average Bonchev–Trinajstić information content (AvgIpc) is 0.816. The summed E-state index contributed by atoms with van der Waals surface area (Å²) in [5.41, 5.74) is 9.21. The predicted molar refractivity (Wildman–Crippen MR) is 525 cm³/mol. The van der Waals surface area contributed by atoms with Crippen molar-refractivity contribution in [3.63, 3.8) is 0 Å². The molecule has 3 unspecified atom stereocenters. The van der Waals surface area contributed by atoms with Crippen LogP contribution < -0.4 is 5.32 Å². The zero-order valence-electron chi connectivity index (χ0n) is 77.7. The van der Waals surface area contributed by atoms with Gasteiger partial charge in [-0.05, 0) is 120 Å². The van der Waals surface area contributed by atoms with Gasteiger partial charge in [0.05, 0.1) is 38.1 Å². The molecule has 4 heterocycles. The van der Waals surface area contributed by atoms with Crippen LogP contribution in [0.3, 0.4) is 0 Å². The van der Waals surface area contributed by atoms with E-state index in [-0.39, 0.29) is 168 Å². The molecule has 4 fully saturated rings. The number of benzene rings is 8. The second-order valence-electron chi connectivity index (χ2n) is 32.4. The van der Waals surface area contributed by atoms with E-state index < -0.39 is 98.9 Å². The summed E-state index contributed by atoms with van der Waals surface area (Å²) in [7, 11) is 0. The van der Waals surface area contributed by atoms with Gasteiger partial charge in [0.25, 0.3) is 47.3 Å². The third-order valence-corrected chi connectivity index (χ3v) is 24.8. The smallest absolute Gasteiger partial charge is 0.408 e. The average molecular weight is 2340 g/mol. The number of alkyl halides is 4. The Balaban J connectivity index is 0.000000313. The molecular formula is C103H110Br4N5O24SW-. The Hall–Kier alpha value is -11.6. The Labute approximate surface area is 854 Å². The number of amides is 9. The van der Waals surface area contributed by atoms with E-state index in [4.69, 9.17) is 24.1 Å². The number of nitrogens with one attached hydrogen (secondary N) is 1. The molecule has 732 valence electrons. The number of ether oxygens (including phenoxy) is 1. The molecule has 3 atom stereocenters. The first-order chi connectivity index (χ1) is 64.9. The summed E-state index contributed by atoms with van der Waals surface area (Å²) in [6.45, 7) is 12.5. The van der Waals surface area contributed by atoms with E-state index in [2.05, 4.69) is 69.0 Å². The van der Waals surface area contributed by atoms with Crippen molar-refractivity contribution in [2.45, 2.75) is 198 Å². The number of alkyl carbamates (subject to hydrolysis) is 1. The number of carbonyl (C=O) groups excluding carboxylic acids is 19. The third kappa shape index (κ3) is 38.3. The van der Waals surface area contributed by atoms with Crippen LogP contribution in [0.15, 0.2) is 218 Å². The van der Waals surface area contributed by atoms with E-state index in [1.165, 1.54) is 23.9 Å². The molecule has 1 N–H and O–H groups in total. The molecule has 4 aliphatic rings. The molecule has 8 aromatic rings. The van der Waals surface area contributed by atoms with Crippen molar-refractivity contribution >= 4 is 187 Å². The van der Waals surface area contributed by atoms with Crippen LogP contribution in [0.4, 0.5) is 4.79 Å². The van der Waals surface area contributed by atoms with E-state index >= 15 is 0 Å². The van der Waals surface area contributed by atoms with E-state index in [0.717, 1.165) is 68.5 Å². The van der Waals surface area contributed by atoms with Gasteiger partial charge < -0.3 is 36.8 Å². The third-order valence-electron chi connectivity index (χ3n) is 20.6. The molecular weight excluding hydrogens is 2230 g/mol. The Morgan fingerprint density at radius 3 is 1.03 bits per heavy atom.